The number of primary amides is 1. The first-order valence-corrected chi connectivity index (χ1v) is 7.82. The third kappa shape index (κ3) is 3.94. The summed E-state index contributed by atoms with van der Waals surface area (Å²) in [5.74, 6) is -0.675. The predicted molar refractivity (Wildman–Crippen MR) is 78.0 cm³/mol. The number of nitrogen functional groups attached to an aromatic ring is 1. The van der Waals surface area contributed by atoms with Gasteiger partial charge in [0.2, 0.25) is 16.9 Å². The molecule has 9 heteroatoms. The molecule has 1 heterocycles. The molecule has 1 aromatic rings. The van der Waals surface area contributed by atoms with Crippen molar-refractivity contribution in [2.24, 2.45) is 11.7 Å². The summed E-state index contributed by atoms with van der Waals surface area (Å²) in [5, 5.41) is 10.7. The van der Waals surface area contributed by atoms with E-state index in [-0.39, 0.29) is 29.5 Å². The van der Waals surface area contributed by atoms with Gasteiger partial charge in [-0.15, -0.1) is 10.2 Å². The maximum atomic E-state index is 11.9. The molecule has 0 saturated heterocycles. The molecule has 0 bridgehead atoms. The van der Waals surface area contributed by atoms with Crippen molar-refractivity contribution < 1.29 is 9.59 Å². The smallest absolute Gasteiger partial charge is 0.230 e. The molecule has 0 aliphatic heterocycles. The Bertz CT molecular complexity index is 531. The summed E-state index contributed by atoms with van der Waals surface area (Å²) in [6.07, 6.45) is 5.05. The zero-order valence-electron chi connectivity index (χ0n) is 10.6. The van der Waals surface area contributed by atoms with Crippen LogP contribution in [0.3, 0.4) is 0 Å². The van der Waals surface area contributed by atoms with E-state index in [1.807, 2.05) is 12.2 Å². The molecule has 108 valence electrons. The van der Waals surface area contributed by atoms with Gasteiger partial charge in [0.1, 0.15) is 0 Å². The van der Waals surface area contributed by atoms with Crippen molar-refractivity contribution in [3.63, 3.8) is 0 Å². The number of carbonyl (C=O) groups excluding carboxylic acids is 2. The summed E-state index contributed by atoms with van der Waals surface area (Å²) in [7, 11) is 0. The van der Waals surface area contributed by atoms with Crippen molar-refractivity contribution in [3.05, 3.63) is 12.2 Å². The third-order valence-electron chi connectivity index (χ3n) is 2.89. The molecular weight excluding hydrogens is 298 g/mol. The Labute approximate surface area is 124 Å². The van der Waals surface area contributed by atoms with Crippen LogP contribution in [0.15, 0.2) is 16.5 Å². The molecule has 0 radical (unpaired) electrons. The quantitative estimate of drug-likeness (QED) is 0.525. The van der Waals surface area contributed by atoms with E-state index in [0.29, 0.717) is 22.3 Å². The van der Waals surface area contributed by atoms with Crippen molar-refractivity contribution in [1.29, 1.82) is 0 Å². The fraction of sp³-hybridized carbons (Fsp3) is 0.455. The van der Waals surface area contributed by atoms with Gasteiger partial charge in [0.25, 0.3) is 0 Å². The van der Waals surface area contributed by atoms with E-state index in [9.17, 15) is 9.59 Å². The number of nitrogens with zero attached hydrogens (tertiary/aromatic N) is 2. The number of thioether (sulfide) groups is 1. The predicted octanol–water partition coefficient (Wildman–Crippen LogP) is 0.149. The molecule has 2 atom stereocenters. The van der Waals surface area contributed by atoms with Crippen molar-refractivity contribution in [2.75, 3.05) is 11.5 Å². The first kappa shape index (κ1) is 14.8. The lowest BCUT2D eigenvalue weighted by atomic mass is 9.88. The lowest BCUT2D eigenvalue weighted by Gasteiger charge is -2.26. The Morgan fingerprint density at radius 1 is 1.40 bits per heavy atom. The summed E-state index contributed by atoms with van der Waals surface area (Å²) >= 11 is 2.50. The second kappa shape index (κ2) is 6.71. The normalized spacial score (nSPS) is 21.6. The second-order valence-electron chi connectivity index (χ2n) is 4.32. The minimum absolute atomic E-state index is 0.157. The van der Waals surface area contributed by atoms with E-state index < -0.39 is 0 Å². The number of amides is 2. The van der Waals surface area contributed by atoms with Gasteiger partial charge >= 0.3 is 0 Å². The molecular formula is C11H15N5O2S2. The van der Waals surface area contributed by atoms with Gasteiger partial charge in [-0.2, -0.15) is 0 Å². The molecule has 0 spiro atoms. The molecule has 2 amide bonds. The number of carbonyl (C=O) groups is 2. The number of anilines is 1. The van der Waals surface area contributed by atoms with E-state index in [1.54, 1.807) is 0 Å². The Morgan fingerprint density at radius 2 is 2.15 bits per heavy atom. The molecule has 7 nitrogen and oxygen atoms in total. The summed E-state index contributed by atoms with van der Waals surface area (Å²) in [6, 6.07) is -0.231. The monoisotopic (exact) mass is 313 g/mol. The molecule has 5 N–H and O–H groups in total. The molecule has 0 saturated carbocycles. The lowest BCUT2D eigenvalue weighted by Crippen LogP contribution is -2.46. The van der Waals surface area contributed by atoms with Crippen LogP contribution in [0.5, 0.6) is 0 Å². The fourth-order valence-electron chi connectivity index (χ4n) is 1.94. The van der Waals surface area contributed by atoms with Crippen LogP contribution >= 0.6 is 23.1 Å². The molecule has 0 fully saturated rings. The van der Waals surface area contributed by atoms with Crippen molar-refractivity contribution >= 4 is 40.0 Å². The van der Waals surface area contributed by atoms with Gasteiger partial charge < -0.3 is 16.8 Å². The van der Waals surface area contributed by atoms with Crippen LogP contribution in [0.4, 0.5) is 5.13 Å². The summed E-state index contributed by atoms with van der Waals surface area (Å²) in [5.41, 5.74) is 10.8. The minimum atomic E-state index is -0.385. The average Bonchev–Trinajstić information content (AvgIpc) is 2.83. The maximum Gasteiger partial charge on any atom is 0.230 e. The van der Waals surface area contributed by atoms with Crippen molar-refractivity contribution in [3.8, 4) is 0 Å². The lowest BCUT2D eigenvalue weighted by molar-refractivity contribution is -0.124. The standard InChI is InChI=1S/C11H15N5O2S2/c12-9(18)6-3-1-2-4-7(6)14-8(17)5-19-11-16-15-10(13)20-11/h1-2,6-7H,3-5H2,(H2,12,18)(H2,13,15)(H,14,17)/t6-,7-/m1/s1. The first-order chi connectivity index (χ1) is 9.56. The largest absolute Gasteiger partial charge is 0.374 e. The summed E-state index contributed by atoms with van der Waals surface area (Å²) < 4.78 is 0.646. The Morgan fingerprint density at radius 3 is 2.80 bits per heavy atom. The number of allylic oxidation sites excluding steroid dienone is 1. The van der Waals surface area contributed by atoms with Crippen LogP contribution in [0, 0.1) is 5.92 Å². The zero-order chi connectivity index (χ0) is 14.5. The molecule has 0 unspecified atom stereocenters. The minimum Gasteiger partial charge on any atom is -0.374 e. The van der Waals surface area contributed by atoms with E-state index in [2.05, 4.69) is 15.5 Å². The number of aromatic nitrogens is 2. The number of nitrogens with two attached hydrogens (primary N) is 2. The van der Waals surface area contributed by atoms with Gasteiger partial charge in [0.05, 0.1) is 11.7 Å². The number of rotatable bonds is 5. The Kier molecular flexibility index (Phi) is 4.96. The van der Waals surface area contributed by atoms with Gasteiger partial charge in [-0.3, -0.25) is 9.59 Å². The zero-order valence-corrected chi connectivity index (χ0v) is 12.2. The second-order valence-corrected chi connectivity index (χ2v) is 6.55. The maximum absolute atomic E-state index is 11.9. The van der Waals surface area contributed by atoms with E-state index in [0.717, 1.165) is 0 Å². The van der Waals surface area contributed by atoms with Gasteiger partial charge in [-0.25, -0.2) is 0 Å². The van der Waals surface area contributed by atoms with Gasteiger partial charge in [0, 0.05) is 6.04 Å². The van der Waals surface area contributed by atoms with Gasteiger partial charge in [0.15, 0.2) is 4.34 Å². The van der Waals surface area contributed by atoms with E-state index in [1.165, 1.54) is 23.1 Å². The number of hydrogen-bond acceptors (Lipinski definition) is 7. The molecule has 0 aromatic carbocycles. The topological polar surface area (TPSA) is 124 Å². The first-order valence-electron chi connectivity index (χ1n) is 6.01. The van der Waals surface area contributed by atoms with Crippen LogP contribution in [0.1, 0.15) is 12.8 Å². The van der Waals surface area contributed by atoms with Crippen LogP contribution in [0.2, 0.25) is 0 Å². The molecule has 1 aliphatic rings. The van der Waals surface area contributed by atoms with E-state index >= 15 is 0 Å². The Balaban J connectivity index is 1.84. The summed E-state index contributed by atoms with van der Waals surface area (Å²) in [4.78, 5) is 23.2. The average molecular weight is 313 g/mol. The highest BCUT2D eigenvalue weighted by Gasteiger charge is 2.28. The molecule has 1 aliphatic carbocycles. The van der Waals surface area contributed by atoms with Crippen LogP contribution in [0.25, 0.3) is 0 Å². The van der Waals surface area contributed by atoms with Crippen LogP contribution in [-0.4, -0.2) is 33.8 Å². The van der Waals surface area contributed by atoms with Gasteiger partial charge in [-0.05, 0) is 12.8 Å². The van der Waals surface area contributed by atoms with Crippen LogP contribution in [-0.2, 0) is 9.59 Å². The van der Waals surface area contributed by atoms with Gasteiger partial charge in [-0.1, -0.05) is 35.3 Å². The highest BCUT2D eigenvalue weighted by atomic mass is 32.2. The van der Waals surface area contributed by atoms with Crippen LogP contribution < -0.4 is 16.8 Å². The molecule has 20 heavy (non-hydrogen) atoms. The van der Waals surface area contributed by atoms with Crippen molar-refractivity contribution in [1.82, 2.24) is 15.5 Å². The number of hydrogen-bond donors (Lipinski definition) is 3. The number of nitrogens with one attached hydrogen (secondary N) is 1. The Hall–Kier alpha value is -1.61. The van der Waals surface area contributed by atoms with E-state index in [4.69, 9.17) is 11.5 Å². The highest BCUT2D eigenvalue weighted by molar-refractivity contribution is 8.01. The summed E-state index contributed by atoms with van der Waals surface area (Å²) in [6.45, 7) is 0. The van der Waals surface area contributed by atoms with Crippen molar-refractivity contribution in [2.45, 2.75) is 23.2 Å². The molecule has 2 rings (SSSR count). The molecule has 1 aromatic heterocycles. The third-order valence-corrected chi connectivity index (χ3v) is 4.78. The fourth-order valence-corrected chi connectivity index (χ4v) is 3.39. The highest BCUT2D eigenvalue weighted by Crippen LogP contribution is 2.24. The SMILES string of the molecule is NC(=O)[C@@H]1CC=CC[C@H]1NC(=O)CSc1nnc(N)s1.